The van der Waals surface area contributed by atoms with Gasteiger partial charge in [-0.15, -0.1) is 0 Å². The second kappa shape index (κ2) is 28.3. The van der Waals surface area contributed by atoms with Crippen molar-refractivity contribution in [3.63, 3.8) is 0 Å². The Bertz CT molecular complexity index is 1750. The molecule has 0 aromatic carbocycles. The summed E-state index contributed by atoms with van der Waals surface area (Å²) < 4.78 is 58.1. The minimum absolute atomic E-state index is 0.0480. The average molecular weight is 1040 g/mol. The number of aliphatic hydroxyl groups excluding tert-OH is 2. The van der Waals surface area contributed by atoms with E-state index in [0.717, 1.165) is 13.0 Å². The number of hydrogen-bond donors (Lipinski definition) is 3. The number of rotatable bonds is 17. The number of ether oxygens (including phenoxy) is 9. The summed E-state index contributed by atoms with van der Waals surface area (Å²) in [4.78, 5) is 51.5. The molecule has 0 spiro atoms. The van der Waals surface area contributed by atoms with Gasteiger partial charge in [-0.3, -0.25) is 19.3 Å². The molecule has 0 bridgehead atoms. The Morgan fingerprint density at radius 3 is 2.05 bits per heavy atom. The standard InChI is InChI=1S/C55H98N2O16/c1-28(2)19-20-57-26-35(10)68-43(23-33(57)8)71-49-36(11)46(73-54-45(60)40(56-66-18)24-34(9)69-54)31(6)25-55(15,63)52(61)38(13)48(70-42(58)21-29(3)4)37(12)47(72-53(62)39(49)14)32(7)27-67-41-22-30(5)44(59)51(65-17)50(41)64-16/h28-39,41,43-51,54,59-60,63H,19-27H2,1-18H3/b56-40+/t30-,31-,32-,33?,34+,35-,36+,37-,38+,39+,41+,43-,44+,45+,46-,47+,48+,49-,50-,51+,54-,55-/m0/s1. The molecule has 0 amide bonds. The molecule has 4 fully saturated rings. The van der Waals surface area contributed by atoms with E-state index in [0.29, 0.717) is 37.4 Å². The van der Waals surface area contributed by atoms with E-state index < -0.39 is 132 Å². The molecule has 4 rings (SSSR count). The van der Waals surface area contributed by atoms with Crippen LogP contribution in [0.1, 0.15) is 142 Å². The maximum Gasteiger partial charge on any atom is 0.311 e. The fourth-order valence-electron chi connectivity index (χ4n) is 11.8. The number of nitrogens with zero attached hydrogens (tertiary/aromatic N) is 2. The lowest BCUT2D eigenvalue weighted by Crippen LogP contribution is -2.56. The molecule has 3 saturated heterocycles. The fourth-order valence-corrected chi connectivity index (χ4v) is 11.8. The monoisotopic (exact) mass is 1040 g/mol. The number of oxime groups is 1. The molecule has 18 nitrogen and oxygen atoms in total. The first-order valence-electron chi connectivity index (χ1n) is 27.3. The fraction of sp³-hybridized carbons (Fsp3) is 0.927. The van der Waals surface area contributed by atoms with Gasteiger partial charge in [0.2, 0.25) is 0 Å². The molecule has 22 atom stereocenters. The van der Waals surface area contributed by atoms with E-state index in [-0.39, 0.29) is 43.4 Å². The Morgan fingerprint density at radius 2 is 1.45 bits per heavy atom. The van der Waals surface area contributed by atoms with Crippen LogP contribution in [-0.2, 0) is 61.9 Å². The molecule has 3 heterocycles. The molecule has 424 valence electrons. The summed E-state index contributed by atoms with van der Waals surface area (Å²) in [5.74, 6) is -6.23. The Hall–Kier alpha value is -2.36. The maximum absolute atomic E-state index is 15.3. The molecular weight excluding hydrogens is 945 g/mol. The van der Waals surface area contributed by atoms with E-state index in [1.165, 1.54) is 21.1 Å². The molecule has 73 heavy (non-hydrogen) atoms. The van der Waals surface area contributed by atoms with Gasteiger partial charge in [0.15, 0.2) is 18.4 Å². The highest BCUT2D eigenvalue weighted by Crippen LogP contribution is 2.40. The van der Waals surface area contributed by atoms with E-state index in [2.05, 4.69) is 30.8 Å². The number of carbonyl (C=O) groups is 3. The third-order valence-corrected chi connectivity index (χ3v) is 15.9. The number of Topliss-reactive ketones (excluding diaryl/α,β-unsaturated/α-hetero) is 1. The highest BCUT2D eigenvalue weighted by atomic mass is 16.7. The van der Waals surface area contributed by atoms with Crippen LogP contribution in [0.25, 0.3) is 0 Å². The SMILES string of the molecule is CO/N=C1\C[C@@H](C)O[C@@H](O[C@@H]2[C@@H](C)[C@H](O[C@H]3CC(C)N(CCC(C)C)C[C@H](C)O3)[C@@H](C)C(=O)O[C@H]([C@@H](C)CO[C@@H]3C[C@H](C)[C@@H](O)[C@@H](OC)[C@H]3OC)[C@H](C)[C@@H](OC(=O)CC(C)C)[C@@H](C)C(=O)[C@@](C)(O)C[C@@H]2C)[C@@H]1O. The second-order valence-electron chi connectivity index (χ2n) is 23.6. The lowest BCUT2D eigenvalue weighted by molar-refractivity contribution is -0.264. The van der Waals surface area contributed by atoms with Crippen molar-refractivity contribution < 1.29 is 77.2 Å². The molecule has 0 radical (unpaired) electrons. The zero-order valence-electron chi connectivity index (χ0n) is 47.7. The van der Waals surface area contributed by atoms with Crippen molar-refractivity contribution in [2.75, 3.05) is 41.0 Å². The quantitative estimate of drug-likeness (QED) is 0.107. The van der Waals surface area contributed by atoms with E-state index in [4.69, 9.17) is 47.5 Å². The molecular formula is C55H98N2O16. The van der Waals surface area contributed by atoms with Crippen LogP contribution < -0.4 is 0 Å². The zero-order valence-corrected chi connectivity index (χ0v) is 47.7. The van der Waals surface area contributed by atoms with Crippen molar-refractivity contribution >= 4 is 23.4 Å². The molecule has 1 aliphatic carbocycles. The summed E-state index contributed by atoms with van der Waals surface area (Å²) in [5, 5.41) is 39.2. The first kappa shape index (κ1) is 63.2. The number of carbonyl (C=O) groups excluding carboxylic acids is 3. The Labute approximate surface area is 437 Å². The molecule has 3 N–H and O–H groups in total. The molecule has 1 saturated carbocycles. The summed E-state index contributed by atoms with van der Waals surface area (Å²) in [6.07, 6.45) is -8.36. The maximum atomic E-state index is 15.3. The average Bonchev–Trinajstić information content (AvgIpc) is 3.45. The summed E-state index contributed by atoms with van der Waals surface area (Å²) in [7, 11) is 4.46. The Morgan fingerprint density at radius 1 is 0.795 bits per heavy atom. The van der Waals surface area contributed by atoms with Gasteiger partial charge in [0.1, 0.15) is 43.2 Å². The highest BCUT2D eigenvalue weighted by Gasteiger charge is 2.51. The summed E-state index contributed by atoms with van der Waals surface area (Å²) in [5.41, 5.74) is -1.67. The molecule has 18 heteroatoms. The minimum atomic E-state index is -2.00. The van der Waals surface area contributed by atoms with Gasteiger partial charge in [-0.05, 0) is 84.1 Å². The van der Waals surface area contributed by atoms with Crippen molar-refractivity contribution in [1.29, 1.82) is 0 Å². The van der Waals surface area contributed by atoms with Crippen LogP contribution in [0.15, 0.2) is 5.16 Å². The van der Waals surface area contributed by atoms with Gasteiger partial charge in [0.25, 0.3) is 0 Å². The predicted molar refractivity (Wildman–Crippen MR) is 274 cm³/mol. The minimum Gasteiger partial charge on any atom is -0.461 e. The van der Waals surface area contributed by atoms with Crippen molar-refractivity contribution in [2.45, 2.75) is 234 Å². The topological polar surface area (TPSA) is 220 Å². The van der Waals surface area contributed by atoms with Crippen molar-refractivity contribution in [3.8, 4) is 0 Å². The van der Waals surface area contributed by atoms with E-state index in [9.17, 15) is 24.9 Å². The highest BCUT2D eigenvalue weighted by molar-refractivity contribution is 5.90. The van der Waals surface area contributed by atoms with Crippen LogP contribution in [0.2, 0.25) is 0 Å². The van der Waals surface area contributed by atoms with Crippen LogP contribution in [0.4, 0.5) is 0 Å². The van der Waals surface area contributed by atoms with Gasteiger partial charge in [0.05, 0.1) is 60.8 Å². The third-order valence-electron chi connectivity index (χ3n) is 15.9. The van der Waals surface area contributed by atoms with Crippen molar-refractivity contribution in [2.24, 2.45) is 58.4 Å². The van der Waals surface area contributed by atoms with Crippen LogP contribution >= 0.6 is 0 Å². The molecule has 0 aromatic heterocycles. The number of ketones is 1. The van der Waals surface area contributed by atoms with E-state index in [1.54, 1.807) is 27.9 Å². The zero-order chi connectivity index (χ0) is 54.8. The van der Waals surface area contributed by atoms with Gasteiger partial charge >= 0.3 is 11.9 Å². The third kappa shape index (κ3) is 16.8. The lowest BCUT2D eigenvalue weighted by atomic mass is 9.74. The normalized spacial score (nSPS) is 42.0. The van der Waals surface area contributed by atoms with E-state index >= 15 is 4.79 Å². The van der Waals surface area contributed by atoms with Crippen LogP contribution in [-0.4, -0.2) is 176 Å². The molecule has 1 unspecified atom stereocenters. The number of methoxy groups -OCH3 is 2. The molecule has 4 aliphatic rings. The second-order valence-corrected chi connectivity index (χ2v) is 23.6. The number of aliphatic hydroxyl groups is 3. The van der Waals surface area contributed by atoms with Crippen LogP contribution in [0.5, 0.6) is 0 Å². The number of cyclic esters (lactones) is 1. The van der Waals surface area contributed by atoms with Crippen molar-refractivity contribution in [3.05, 3.63) is 0 Å². The van der Waals surface area contributed by atoms with Gasteiger partial charge < -0.3 is 62.8 Å². The van der Waals surface area contributed by atoms with Gasteiger partial charge in [-0.25, -0.2) is 0 Å². The number of hydrogen-bond acceptors (Lipinski definition) is 18. The number of esters is 2. The van der Waals surface area contributed by atoms with Crippen LogP contribution in [0.3, 0.4) is 0 Å². The smallest absolute Gasteiger partial charge is 0.311 e. The largest absolute Gasteiger partial charge is 0.461 e. The van der Waals surface area contributed by atoms with Crippen LogP contribution in [0, 0.1) is 53.3 Å². The molecule has 0 aromatic rings. The van der Waals surface area contributed by atoms with Gasteiger partial charge in [-0.1, -0.05) is 74.4 Å². The summed E-state index contributed by atoms with van der Waals surface area (Å²) in [6, 6.07) is 0.0679. The lowest BCUT2D eigenvalue weighted by Gasteiger charge is -2.44. The van der Waals surface area contributed by atoms with Gasteiger partial charge in [-0.2, -0.15) is 0 Å². The molecule has 3 aliphatic heterocycles. The summed E-state index contributed by atoms with van der Waals surface area (Å²) in [6.45, 7) is 30.0. The van der Waals surface area contributed by atoms with E-state index in [1.807, 2.05) is 55.4 Å². The Balaban J connectivity index is 1.88. The first-order chi connectivity index (χ1) is 34.1. The van der Waals surface area contributed by atoms with Gasteiger partial charge in [0, 0.05) is 63.8 Å². The Kier molecular flexibility index (Phi) is 24.5. The predicted octanol–water partition coefficient (Wildman–Crippen LogP) is 6.35. The summed E-state index contributed by atoms with van der Waals surface area (Å²) >= 11 is 0. The first-order valence-corrected chi connectivity index (χ1v) is 27.3. The van der Waals surface area contributed by atoms with Crippen molar-refractivity contribution in [1.82, 2.24) is 4.90 Å².